The van der Waals surface area contributed by atoms with Crippen molar-refractivity contribution in [1.29, 1.82) is 0 Å². The smallest absolute Gasteiger partial charge is 0.310 e. The van der Waals surface area contributed by atoms with Crippen LogP contribution in [0.2, 0.25) is 0 Å². The number of nitrogens with zero attached hydrogens (tertiary/aromatic N) is 2. The van der Waals surface area contributed by atoms with Crippen LogP contribution >= 0.6 is 0 Å². The fourth-order valence-corrected chi connectivity index (χ4v) is 3.20. The Morgan fingerprint density at radius 3 is 2.62 bits per heavy atom. The van der Waals surface area contributed by atoms with Gasteiger partial charge in [0.1, 0.15) is 0 Å². The molecule has 0 aliphatic carbocycles. The van der Waals surface area contributed by atoms with Crippen molar-refractivity contribution in [1.82, 2.24) is 10.2 Å². The molecule has 0 radical (unpaired) electrons. The summed E-state index contributed by atoms with van der Waals surface area (Å²) in [6, 6.07) is 3.79. The highest BCUT2D eigenvalue weighted by atomic mass is 16.6. The van der Waals surface area contributed by atoms with Crippen molar-refractivity contribution in [3.8, 4) is 5.75 Å². The standard InChI is InChI=1S/C14H17N3O4/c18-13-7-10(1-2-12(13)17(20)21)14(19)15-11-8-16-5-3-9(11)4-6-16/h1-2,7,9,11,18H,3-6,8H2,(H,15,19). The van der Waals surface area contributed by atoms with Gasteiger partial charge in [0.15, 0.2) is 5.75 Å². The molecular formula is C14H17N3O4. The Balaban J connectivity index is 1.71. The molecule has 1 aromatic carbocycles. The van der Waals surface area contributed by atoms with E-state index in [0.29, 0.717) is 5.92 Å². The summed E-state index contributed by atoms with van der Waals surface area (Å²) in [7, 11) is 0. The van der Waals surface area contributed by atoms with Gasteiger partial charge in [0.25, 0.3) is 5.91 Å². The molecule has 7 heteroatoms. The van der Waals surface area contributed by atoms with Crippen LogP contribution in [-0.4, -0.2) is 46.5 Å². The highest BCUT2D eigenvalue weighted by Crippen LogP contribution is 2.29. The first-order chi connectivity index (χ1) is 10.0. The summed E-state index contributed by atoms with van der Waals surface area (Å²) in [6.07, 6.45) is 2.19. The third-order valence-corrected chi connectivity index (χ3v) is 4.41. The van der Waals surface area contributed by atoms with Crippen LogP contribution in [0, 0.1) is 16.0 Å². The van der Waals surface area contributed by atoms with E-state index < -0.39 is 16.4 Å². The zero-order chi connectivity index (χ0) is 15.0. The summed E-state index contributed by atoms with van der Waals surface area (Å²) in [5.74, 6) is -0.272. The molecule has 21 heavy (non-hydrogen) atoms. The number of carbonyl (C=O) groups is 1. The van der Waals surface area contributed by atoms with Crippen LogP contribution in [-0.2, 0) is 0 Å². The number of benzene rings is 1. The minimum absolute atomic E-state index is 0.123. The van der Waals surface area contributed by atoms with Crippen LogP contribution in [0.1, 0.15) is 23.2 Å². The molecule has 0 saturated carbocycles. The van der Waals surface area contributed by atoms with Crippen LogP contribution in [0.3, 0.4) is 0 Å². The van der Waals surface area contributed by atoms with Crippen molar-refractivity contribution in [2.45, 2.75) is 18.9 Å². The van der Waals surface area contributed by atoms with Crippen molar-refractivity contribution in [2.24, 2.45) is 5.92 Å². The Hall–Kier alpha value is -2.15. The minimum Gasteiger partial charge on any atom is -0.502 e. The Bertz CT molecular complexity index is 582. The Morgan fingerprint density at radius 2 is 2.10 bits per heavy atom. The number of amides is 1. The predicted octanol–water partition coefficient (Wildman–Crippen LogP) is 1.12. The topological polar surface area (TPSA) is 95.7 Å². The summed E-state index contributed by atoms with van der Waals surface area (Å²) in [6.45, 7) is 3.04. The molecule has 0 spiro atoms. The molecule has 3 saturated heterocycles. The largest absolute Gasteiger partial charge is 0.502 e. The quantitative estimate of drug-likeness (QED) is 0.643. The SMILES string of the molecule is O=C(NC1CN2CCC1CC2)c1ccc([N+](=O)[O-])c(O)c1. The zero-order valence-electron chi connectivity index (χ0n) is 11.5. The van der Waals surface area contributed by atoms with Gasteiger partial charge >= 0.3 is 5.69 Å². The second-order valence-electron chi connectivity index (χ2n) is 5.68. The Kier molecular flexibility index (Phi) is 3.50. The number of nitro benzene ring substituents is 1. The van der Waals surface area contributed by atoms with E-state index in [2.05, 4.69) is 10.2 Å². The molecule has 1 aromatic rings. The third kappa shape index (κ3) is 2.69. The number of aromatic hydroxyl groups is 1. The summed E-state index contributed by atoms with van der Waals surface area (Å²) in [5.41, 5.74) is -0.149. The number of rotatable bonds is 3. The molecule has 2 bridgehead atoms. The van der Waals surface area contributed by atoms with E-state index in [4.69, 9.17) is 0 Å². The molecule has 4 rings (SSSR count). The summed E-state index contributed by atoms with van der Waals surface area (Å²) >= 11 is 0. The van der Waals surface area contributed by atoms with Crippen molar-refractivity contribution < 1.29 is 14.8 Å². The molecular weight excluding hydrogens is 274 g/mol. The summed E-state index contributed by atoms with van der Waals surface area (Å²) in [4.78, 5) is 24.5. The maximum absolute atomic E-state index is 12.2. The molecule has 2 N–H and O–H groups in total. The van der Waals surface area contributed by atoms with Gasteiger partial charge in [0.05, 0.1) is 4.92 Å². The number of hydrogen-bond acceptors (Lipinski definition) is 5. The molecule has 3 fully saturated rings. The number of phenolic OH excluding ortho intramolecular Hbond substituents is 1. The number of piperidine rings is 3. The minimum atomic E-state index is -0.676. The van der Waals surface area contributed by atoms with E-state index in [-0.39, 0.29) is 17.5 Å². The van der Waals surface area contributed by atoms with Crippen molar-refractivity contribution in [3.05, 3.63) is 33.9 Å². The molecule has 1 amide bonds. The lowest BCUT2D eigenvalue weighted by Crippen LogP contribution is -2.57. The molecule has 3 heterocycles. The molecule has 0 aromatic heterocycles. The van der Waals surface area contributed by atoms with Gasteiger partial charge in [-0.2, -0.15) is 0 Å². The number of nitro groups is 1. The fourth-order valence-electron chi connectivity index (χ4n) is 3.20. The second-order valence-corrected chi connectivity index (χ2v) is 5.68. The van der Waals surface area contributed by atoms with E-state index in [1.807, 2.05) is 0 Å². The summed E-state index contributed by atoms with van der Waals surface area (Å²) < 4.78 is 0. The van der Waals surface area contributed by atoms with E-state index in [0.717, 1.165) is 44.6 Å². The predicted molar refractivity (Wildman–Crippen MR) is 75.2 cm³/mol. The van der Waals surface area contributed by atoms with Gasteiger partial charge in [0, 0.05) is 24.2 Å². The van der Waals surface area contributed by atoms with Crippen molar-refractivity contribution in [3.63, 3.8) is 0 Å². The molecule has 3 aliphatic heterocycles. The zero-order valence-corrected chi connectivity index (χ0v) is 11.5. The molecule has 112 valence electrons. The molecule has 1 atom stereocenters. The van der Waals surface area contributed by atoms with Crippen LogP contribution in [0.25, 0.3) is 0 Å². The van der Waals surface area contributed by atoms with Gasteiger partial charge in [-0.05, 0) is 44.0 Å². The number of phenols is 1. The highest BCUT2D eigenvalue weighted by molar-refractivity contribution is 5.95. The van der Waals surface area contributed by atoms with Crippen molar-refractivity contribution in [2.75, 3.05) is 19.6 Å². The van der Waals surface area contributed by atoms with Crippen LogP contribution in [0.15, 0.2) is 18.2 Å². The van der Waals surface area contributed by atoms with Gasteiger partial charge in [-0.3, -0.25) is 14.9 Å². The van der Waals surface area contributed by atoms with E-state index in [1.165, 1.54) is 6.07 Å². The fraction of sp³-hybridized carbons (Fsp3) is 0.500. The monoisotopic (exact) mass is 291 g/mol. The number of carbonyl (C=O) groups excluding carboxylic acids is 1. The lowest BCUT2D eigenvalue weighted by Gasteiger charge is -2.44. The lowest BCUT2D eigenvalue weighted by molar-refractivity contribution is -0.385. The van der Waals surface area contributed by atoms with Crippen LogP contribution < -0.4 is 5.32 Å². The first kappa shape index (κ1) is 13.8. The molecule has 1 unspecified atom stereocenters. The van der Waals surface area contributed by atoms with Gasteiger partial charge in [-0.15, -0.1) is 0 Å². The maximum Gasteiger partial charge on any atom is 0.310 e. The van der Waals surface area contributed by atoms with Crippen LogP contribution in [0.5, 0.6) is 5.75 Å². The molecule has 3 aliphatic rings. The van der Waals surface area contributed by atoms with E-state index >= 15 is 0 Å². The third-order valence-electron chi connectivity index (χ3n) is 4.41. The second kappa shape index (κ2) is 5.33. The Labute approximate surface area is 121 Å². The first-order valence-corrected chi connectivity index (χ1v) is 7.05. The van der Waals surface area contributed by atoms with E-state index in [9.17, 15) is 20.0 Å². The van der Waals surface area contributed by atoms with Crippen LogP contribution in [0.4, 0.5) is 5.69 Å². The van der Waals surface area contributed by atoms with Crippen molar-refractivity contribution >= 4 is 11.6 Å². The van der Waals surface area contributed by atoms with Gasteiger partial charge in [-0.1, -0.05) is 0 Å². The first-order valence-electron chi connectivity index (χ1n) is 7.05. The van der Waals surface area contributed by atoms with E-state index in [1.54, 1.807) is 0 Å². The van der Waals surface area contributed by atoms with Gasteiger partial charge in [-0.25, -0.2) is 0 Å². The lowest BCUT2D eigenvalue weighted by atomic mass is 9.84. The van der Waals surface area contributed by atoms with Gasteiger partial charge in [0.2, 0.25) is 0 Å². The Morgan fingerprint density at radius 1 is 1.38 bits per heavy atom. The number of nitrogens with one attached hydrogen (secondary N) is 1. The average molecular weight is 291 g/mol. The highest BCUT2D eigenvalue weighted by Gasteiger charge is 2.35. The number of hydrogen-bond donors (Lipinski definition) is 2. The maximum atomic E-state index is 12.2. The average Bonchev–Trinajstić information content (AvgIpc) is 2.48. The molecule has 7 nitrogen and oxygen atoms in total. The summed E-state index contributed by atoms with van der Waals surface area (Å²) in [5, 5.41) is 23.2. The van der Waals surface area contributed by atoms with Gasteiger partial charge < -0.3 is 15.3 Å². The number of fused-ring (bicyclic) bond motifs is 3. The normalized spacial score (nSPS) is 27.3.